The van der Waals surface area contributed by atoms with Crippen molar-refractivity contribution >= 4 is 0 Å². The predicted octanol–water partition coefficient (Wildman–Crippen LogP) is 3.03. The van der Waals surface area contributed by atoms with Gasteiger partial charge in [0.2, 0.25) is 0 Å². The Kier molecular flexibility index (Phi) is 5.27. The molecule has 0 spiro atoms. The van der Waals surface area contributed by atoms with Gasteiger partial charge in [-0.3, -0.25) is 4.68 Å². The molecule has 1 heterocycles. The van der Waals surface area contributed by atoms with Crippen LogP contribution < -0.4 is 0 Å². The molecule has 82 valence electrons. The zero-order valence-corrected chi connectivity index (χ0v) is 8.60. The van der Waals surface area contributed by atoms with Crippen LogP contribution in [0.5, 0.6) is 0 Å². The van der Waals surface area contributed by atoms with Gasteiger partial charge in [0.1, 0.15) is 6.54 Å². The Balaban J connectivity index is 0.000000791. The van der Waals surface area contributed by atoms with Gasteiger partial charge in [-0.2, -0.15) is 18.3 Å². The highest BCUT2D eigenvalue weighted by molar-refractivity contribution is 5.02. The van der Waals surface area contributed by atoms with Crippen LogP contribution in [0.3, 0.4) is 0 Å². The van der Waals surface area contributed by atoms with Crippen molar-refractivity contribution in [3.63, 3.8) is 0 Å². The Labute approximate surface area is 81.7 Å². The van der Waals surface area contributed by atoms with Gasteiger partial charge in [-0.25, -0.2) is 0 Å². The van der Waals surface area contributed by atoms with E-state index in [1.807, 2.05) is 20.8 Å². The fraction of sp³-hybridized carbons (Fsp3) is 0.667. The third kappa shape index (κ3) is 4.89. The second-order valence-electron chi connectivity index (χ2n) is 2.51. The molecule has 0 aliphatic heterocycles. The molecule has 0 unspecified atom stereocenters. The van der Waals surface area contributed by atoms with Gasteiger partial charge >= 0.3 is 6.18 Å². The second-order valence-corrected chi connectivity index (χ2v) is 2.51. The summed E-state index contributed by atoms with van der Waals surface area (Å²) in [5, 5.41) is 3.57. The van der Waals surface area contributed by atoms with Crippen LogP contribution in [-0.2, 0) is 13.0 Å². The van der Waals surface area contributed by atoms with Gasteiger partial charge in [0.15, 0.2) is 0 Å². The highest BCUT2D eigenvalue weighted by Crippen LogP contribution is 2.16. The van der Waals surface area contributed by atoms with Crippen LogP contribution in [0.2, 0.25) is 0 Å². The lowest BCUT2D eigenvalue weighted by Gasteiger charge is -2.04. The number of hydrogen-bond donors (Lipinski definition) is 0. The summed E-state index contributed by atoms with van der Waals surface area (Å²) in [6, 6.07) is 0. The smallest absolute Gasteiger partial charge is 0.263 e. The molecule has 0 N–H and O–H groups in total. The van der Waals surface area contributed by atoms with E-state index >= 15 is 0 Å². The number of alkyl halides is 3. The average molecular weight is 208 g/mol. The second kappa shape index (κ2) is 5.67. The van der Waals surface area contributed by atoms with Crippen molar-refractivity contribution < 1.29 is 13.2 Å². The summed E-state index contributed by atoms with van der Waals surface area (Å²) in [4.78, 5) is 0. The normalized spacial score (nSPS) is 10.7. The Morgan fingerprint density at radius 3 is 2.29 bits per heavy atom. The highest BCUT2D eigenvalue weighted by Gasteiger charge is 2.28. The van der Waals surface area contributed by atoms with Gasteiger partial charge in [0, 0.05) is 6.20 Å². The third-order valence-corrected chi connectivity index (χ3v) is 1.44. The van der Waals surface area contributed by atoms with Crippen LogP contribution in [0, 0.1) is 0 Å². The summed E-state index contributed by atoms with van der Waals surface area (Å²) < 4.78 is 36.3. The molecule has 2 nitrogen and oxygen atoms in total. The van der Waals surface area contributed by atoms with E-state index in [4.69, 9.17) is 0 Å². The van der Waals surface area contributed by atoms with E-state index in [9.17, 15) is 13.2 Å². The molecule has 1 aromatic rings. The van der Waals surface area contributed by atoms with E-state index in [1.54, 1.807) is 0 Å². The molecule has 0 fully saturated rings. The minimum absolute atomic E-state index is 0.706. The van der Waals surface area contributed by atoms with Crippen molar-refractivity contribution in [3.05, 3.63) is 18.0 Å². The largest absolute Gasteiger partial charge is 0.408 e. The fourth-order valence-corrected chi connectivity index (χ4v) is 0.859. The highest BCUT2D eigenvalue weighted by atomic mass is 19.4. The van der Waals surface area contributed by atoms with Crippen LogP contribution in [-0.4, -0.2) is 16.0 Å². The maximum atomic E-state index is 11.8. The van der Waals surface area contributed by atoms with E-state index in [1.165, 1.54) is 12.4 Å². The molecule has 0 atom stereocenters. The first-order valence-electron chi connectivity index (χ1n) is 4.59. The summed E-state index contributed by atoms with van der Waals surface area (Å²) >= 11 is 0. The number of hydrogen-bond acceptors (Lipinski definition) is 1. The van der Waals surface area contributed by atoms with Gasteiger partial charge < -0.3 is 0 Å². The molecule has 0 radical (unpaired) electrons. The molecular weight excluding hydrogens is 193 g/mol. The molecule has 1 aromatic heterocycles. The van der Waals surface area contributed by atoms with E-state index in [2.05, 4.69) is 5.10 Å². The Hall–Kier alpha value is -1.00. The predicted molar refractivity (Wildman–Crippen MR) is 49.0 cm³/mol. The summed E-state index contributed by atoms with van der Waals surface area (Å²) in [6.45, 7) is 4.86. The minimum atomic E-state index is -4.18. The first kappa shape index (κ1) is 13.0. The maximum Gasteiger partial charge on any atom is 0.408 e. The zero-order valence-electron chi connectivity index (χ0n) is 8.60. The Bertz CT molecular complexity index is 253. The molecular formula is C9H15F3N2. The molecule has 0 aromatic carbocycles. The monoisotopic (exact) mass is 208 g/mol. The van der Waals surface area contributed by atoms with Crippen molar-refractivity contribution in [2.24, 2.45) is 0 Å². The van der Waals surface area contributed by atoms with E-state index < -0.39 is 12.7 Å². The number of nitrogens with zero attached hydrogens (tertiary/aromatic N) is 2. The van der Waals surface area contributed by atoms with Gasteiger partial charge in [0.25, 0.3) is 0 Å². The summed E-state index contributed by atoms with van der Waals surface area (Å²) in [6.07, 6.45) is -0.617. The van der Waals surface area contributed by atoms with Crippen molar-refractivity contribution in [3.8, 4) is 0 Å². The van der Waals surface area contributed by atoms with E-state index in [-0.39, 0.29) is 0 Å². The summed E-state index contributed by atoms with van der Waals surface area (Å²) in [5.41, 5.74) is 0.819. The van der Waals surface area contributed by atoms with Gasteiger partial charge in [-0.15, -0.1) is 0 Å². The van der Waals surface area contributed by atoms with Crippen LogP contribution in [0.4, 0.5) is 13.2 Å². The molecule has 0 aliphatic carbocycles. The molecule has 1 rings (SSSR count). The quantitative estimate of drug-likeness (QED) is 0.730. The first-order valence-corrected chi connectivity index (χ1v) is 4.59. The Morgan fingerprint density at radius 2 is 1.93 bits per heavy atom. The molecule has 0 bridgehead atoms. The van der Waals surface area contributed by atoms with Crippen molar-refractivity contribution in [2.45, 2.75) is 39.9 Å². The SMILES string of the molecule is CC.CCc1cnn(CC(F)(F)F)c1. The summed E-state index contributed by atoms with van der Waals surface area (Å²) in [5.74, 6) is 0. The first-order chi connectivity index (χ1) is 6.51. The molecule has 0 saturated heterocycles. The van der Waals surface area contributed by atoms with Crippen molar-refractivity contribution in [2.75, 3.05) is 0 Å². The molecule has 5 heteroatoms. The van der Waals surface area contributed by atoms with Crippen molar-refractivity contribution in [1.82, 2.24) is 9.78 Å². The number of aromatic nitrogens is 2. The minimum Gasteiger partial charge on any atom is -0.263 e. The number of rotatable bonds is 2. The van der Waals surface area contributed by atoms with E-state index in [0.29, 0.717) is 6.42 Å². The van der Waals surface area contributed by atoms with Gasteiger partial charge in [-0.1, -0.05) is 20.8 Å². The molecule has 0 amide bonds. The topological polar surface area (TPSA) is 17.8 Å². The molecule has 0 saturated carbocycles. The summed E-state index contributed by atoms with van der Waals surface area (Å²) in [7, 11) is 0. The standard InChI is InChI=1S/C7H9F3N2.C2H6/c1-2-6-3-11-12(4-6)5-7(8,9)10;1-2/h3-4H,2,5H2,1H3;1-2H3. The van der Waals surface area contributed by atoms with Crippen LogP contribution in [0.15, 0.2) is 12.4 Å². The van der Waals surface area contributed by atoms with Crippen LogP contribution in [0.25, 0.3) is 0 Å². The van der Waals surface area contributed by atoms with Crippen molar-refractivity contribution in [1.29, 1.82) is 0 Å². The van der Waals surface area contributed by atoms with Gasteiger partial charge in [0.05, 0.1) is 6.20 Å². The van der Waals surface area contributed by atoms with E-state index in [0.717, 1.165) is 10.2 Å². The lowest BCUT2D eigenvalue weighted by Crippen LogP contribution is -2.17. The molecule has 0 aliphatic rings. The van der Waals surface area contributed by atoms with Gasteiger partial charge in [-0.05, 0) is 12.0 Å². The zero-order chi connectivity index (χ0) is 11.2. The fourth-order valence-electron chi connectivity index (χ4n) is 0.859. The van der Waals surface area contributed by atoms with Crippen LogP contribution >= 0.6 is 0 Å². The Morgan fingerprint density at radius 1 is 1.36 bits per heavy atom. The average Bonchev–Trinajstić information content (AvgIpc) is 2.53. The maximum absolute atomic E-state index is 11.8. The van der Waals surface area contributed by atoms with Crippen LogP contribution in [0.1, 0.15) is 26.3 Å². The third-order valence-electron chi connectivity index (χ3n) is 1.44. The number of halogens is 3. The number of aryl methyl sites for hydroxylation is 1. The lowest BCUT2D eigenvalue weighted by atomic mass is 10.3. The molecule has 14 heavy (non-hydrogen) atoms. The lowest BCUT2D eigenvalue weighted by molar-refractivity contribution is -0.142.